The summed E-state index contributed by atoms with van der Waals surface area (Å²) in [6.45, 7) is 2.51. The van der Waals surface area contributed by atoms with Gasteiger partial charge in [0.1, 0.15) is 11.3 Å². The van der Waals surface area contributed by atoms with E-state index in [1.807, 2.05) is 0 Å². The van der Waals surface area contributed by atoms with Crippen molar-refractivity contribution in [3.63, 3.8) is 0 Å². The maximum absolute atomic E-state index is 13.4. The lowest BCUT2D eigenvalue weighted by Crippen LogP contribution is -2.14. The Morgan fingerprint density at radius 1 is 1.38 bits per heavy atom. The number of benzene rings is 1. The van der Waals surface area contributed by atoms with E-state index < -0.39 is 53.6 Å². The maximum atomic E-state index is 13.4. The highest BCUT2D eigenvalue weighted by molar-refractivity contribution is 9.10. The molecule has 1 N–H and O–H groups in total. The molecular weight excluding hydrogens is 413 g/mol. The highest BCUT2D eigenvalue weighted by Crippen LogP contribution is 2.36. The number of halogens is 4. The molecule has 3 aromatic rings. The van der Waals surface area contributed by atoms with Crippen LogP contribution in [0.2, 0.25) is 0 Å². The van der Waals surface area contributed by atoms with E-state index in [2.05, 4.69) is 20.9 Å². The highest BCUT2D eigenvalue weighted by Gasteiger charge is 2.34. The quantitative estimate of drug-likeness (QED) is 0.612. The van der Waals surface area contributed by atoms with E-state index >= 15 is 0 Å². The summed E-state index contributed by atoms with van der Waals surface area (Å²) in [7, 11) is 0. The van der Waals surface area contributed by atoms with Crippen molar-refractivity contribution in [2.24, 2.45) is 0 Å². The number of fused-ring (bicyclic) bond motifs is 1. The third-order valence-electron chi connectivity index (χ3n) is 3.83. The zero-order valence-corrected chi connectivity index (χ0v) is 15.1. The SMILES string of the molecule is [2H]c1c([2H])c([2H])n2c(C(=O)c3cc(Br)c(C)c(C(F)(F)F)c3)c(C(C)O)nc2c1[2H]. The number of carbonyl (C=O) groups excluding carboxylic acids is 1. The number of imidazole rings is 1. The lowest BCUT2D eigenvalue weighted by Gasteiger charge is -2.14. The van der Waals surface area contributed by atoms with Crippen LogP contribution >= 0.6 is 15.9 Å². The van der Waals surface area contributed by atoms with Crippen LogP contribution in [0.5, 0.6) is 0 Å². The Labute approximate surface area is 161 Å². The molecule has 2 aromatic heterocycles. The lowest BCUT2D eigenvalue weighted by molar-refractivity contribution is -0.138. The van der Waals surface area contributed by atoms with E-state index in [9.17, 15) is 23.1 Å². The Morgan fingerprint density at radius 3 is 2.69 bits per heavy atom. The molecule has 26 heavy (non-hydrogen) atoms. The molecule has 0 spiro atoms. The number of hydrogen-bond acceptors (Lipinski definition) is 3. The van der Waals surface area contributed by atoms with Crippen LogP contribution in [-0.2, 0) is 6.18 Å². The topological polar surface area (TPSA) is 54.6 Å². The predicted molar refractivity (Wildman–Crippen MR) is 93.1 cm³/mol. The van der Waals surface area contributed by atoms with Gasteiger partial charge in [-0.1, -0.05) is 22.0 Å². The Bertz CT molecular complexity index is 1210. The molecule has 0 aliphatic rings. The summed E-state index contributed by atoms with van der Waals surface area (Å²) < 4.78 is 72.7. The second-order valence-electron chi connectivity index (χ2n) is 5.62. The number of aliphatic hydroxyl groups is 1. The number of hydrogen-bond donors (Lipinski definition) is 1. The van der Waals surface area contributed by atoms with Crippen LogP contribution in [0.15, 0.2) is 40.9 Å². The molecule has 8 heteroatoms. The molecule has 0 aliphatic heterocycles. The van der Waals surface area contributed by atoms with Crippen LogP contribution < -0.4 is 0 Å². The fraction of sp³-hybridized carbons (Fsp3) is 0.222. The Morgan fingerprint density at radius 2 is 2.08 bits per heavy atom. The first-order valence-corrected chi connectivity index (χ1v) is 8.15. The van der Waals surface area contributed by atoms with Gasteiger partial charge in [0, 0.05) is 16.2 Å². The molecule has 1 unspecified atom stereocenters. The van der Waals surface area contributed by atoms with Gasteiger partial charge in [-0.05, 0) is 43.6 Å². The van der Waals surface area contributed by atoms with Gasteiger partial charge < -0.3 is 5.11 Å². The third kappa shape index (κ3) is 3.14. The first-order chi connectivity index (χ1) is 13.8. The number of pyridine rings is 1. The molecule has 2 heterocycles. The van der Waals surface area contributed by atoms with E-state index in [0.717, 1.165) is 4.40 Å². The van der Waals surface area contributed by atoms with Crippen molar-refractivity contribution in [1.29, 1.82) is 0 Å². The molecule has 0 bridgehead atoms. The minimum absolute atomic E-state index is 0.0370. The number of ketones is 1. The molecule has 4 nitrogen and oxygen atoms in total. The van der Waals surface area contributed by atoms with Gasteiger partial charge in [-0.15, -0.1) is 0 Å². The summed E-state index contributed by atoms with van der Waals surface area (Å²) in [5.41, 5.74) is -2.55. The molecule has 0 saturated heterocycles. The average Bonchev–Trinajstić information content (AvgIpc) is 3.06. The first-order valence-electron chi connectivity index (χ1n) is 9.36. The largest absolute Gasteiger partial charge is 0.416 e. The van der Waals surface area contributed by atoms with Crippen molar-refractivity contribution in [2.45, 2.75) is 26.1 Å². The number of carbonyl (C=O) groups is 1. The molecular formula is C18H14BrF3N2O2. The summed E-state index contributed by atoms with van der Waals surface area (Å²) in [5, 5.41) is 10.1. The number of nitrogens with zero attached hydrogens (tertiary/aromatic N) is 2. The van der Waals surface area contributed by atoms with Crippen LogP contribution in [-0.4, -0.2) is 20.3 Å². The van der Waals surface area contributed by atoms with Gasteiger partial charge in [0.15, 0.2) is 0 Å². The summed E-state index contributed by atoms with van der Waals surface area (Å²) in [6, 6.07) is 0.0598. The smallest absolute Gasteiger partial charge is 0.387 e. The third-order valence-corrected chi connectivity index (χ3v) is 4.66. The van der Waals surface area contributed by atoms with Crippen LogP contribution in [0.3, 0.4) is 0 Å². The van der Waals surface area contributed by atoms with Crippen molar-refractivity contribution in [2.75, 3.05) is 0 Å². The monoisotopic (exact) mass is 430 g/mol. The fourth-order valence-electron chi connectivity index (χ4n) is 2.55. The van der Waals surface area contributed by atoms with Crippen molar-refractivity contribution >= 4 is 27.4 Å². The Balaban J connectivity index is 2.39. The fourth-order valence-corrected chi connectivity index (χ4v) is 3.01. The van der Waals surface area contributed by atoms with Crippen molar-refractivity contribution in [3.05, 3.63) is 69.0 Å². The van der Waals surface area contributed by atoms with Gasteiger partial charge in [0.05, 0.1) is 22.8 Å². The van der Waals surface area contributed by atoms with Crippen LogP contribution in [0.4, 0.5) is 13.2 Å². The molecule has 136 valence electrons. The van der Waals surface area contributed by atoms with Gasteiger partial charge in [0.2, 0.25) is 5.78 Å². The van der Waals surface area contributed by atoms with Gasteiger partial charge in [-0.3, -0.25) is 9.20 Å². The zero-order valence-electron chi connectivity index (χ0n) is 17.5. The zero-order chi connectivity index (χ0) is 22.7. The number of aliphatic hydroxyl groups excluding tert-OH is 1. The molecule has 0 aliphatic carbocycles. The molecule has 0 fully saturated rings. The summed E-state index contributed by atoms with van der Waals surface area (Å²) in [4.78, 5) is 17.2. The van der Waals surface area contributed by atoms with Crippen LogP contribution in [0.25, 0.3) is 5.65 Å². The lowest BCUT2D eigenvalue weighted by atomic mass is 9.99. The van der Waals surface area contributed by atoms with Gasteiger partial charge in [-0.2, -0.15) is 13.2 Å². The van der Waals surface area contributed by atoms with E-state index in [1.165, 1.54) is 19.9 Å². The normalized spacial score (nSPS) is 15.3. The highest BCUT2D eigenvalue weighted by atomic mass is 79.9. The summed E-state index contributed by atoms with van der Waals surface area (Å²) in [5.74, 6) is -0.977. The standard InChI is InChI=1S/C18H14BrF3N2O2/c1-9-12(18(20,21)22)7-11(8-13(9)19)17(26)16-15(10(2)25)23-14-5-3-4-6-24(14)16/h3-8,10,25H,1-2H3/i3D,4D,5D,6D. The predicted octanol–water partition coefficient (Wildman–Crippen LogP) is 4.71. The van der Waals surface area contributed by atoms with Gasteiger partial charge in [0.25, 0.3) is 0 Å². The van der Waals surface area contributed by atoms with E-state index in [4.69, 9.17) is 5.48 Å². The van der Waals surface area contributed by atoms with Crippen molar-refractivity contribution < 1.29 is 28.6 Å². The van der Waals surface area contributed by atoms with Crippen molar-refractivity contribution in [3.8, 4) is 0 Å². The Kier molecular flexibility index (Phi) is 3.49. The minimum Gasteiger partial charge on any atom is -0.387 e. The summed E-state index contributed by atoms with van der Waals surface area (Å²) in [6.07, 6.45) is -6.73. The van der Waals surface area contributed by atoms with E-state index in [-0.39, 0.29) is 26.9 Å². The summed E-state index contributed by atoms with van der Waals surface area (Å²) >= 11 is 3.02. The van der Waals surface area contributed by atoms with Crippen molar-refractivity contribution in [1.82, 2.24) is 9.38 Å². The number of alkyl halides is 3. The van der Waals surface area contributed by atoms with Crippen LogP contribution in [0.1, 0.15) is 51.4 Å². The number of aromatic nitrogens is 2. The first kappa shape index (κ1) is 13.9. The molecule has 0 saturated carbocycles. The molecule has 3 rings (SSSR count). The minimum atomic E-state index is -4.72. The molecule has 0 amide bonds. The average molecular weight is 431 g/mol. The van der Waals surface area contributed by atoms with Crippen LogP contribution in [0, 0.1) is 6.92 Å². The van der Waals surface area contributed by atoms with Gasteiger partial charge >= 0.3 is 6.18 Å². The molecule has 1 atom stereocenters. The van der Waals surface area contributed by atoms with E-state index in [0.29, 0.717) is 6.07 Å². The molecule has 1 aromatic carbocycles. The second-order valence-corrected chi connectivity index (χ2v) is 6.48. The van der Waals surface area contributed by atoms with E-state index in [1.54, 1.807) is 0 Å². The van der Waals surface area contributed by atoms with Gasteiger partial charge in [-0.25, -0.2) is 4.98 Å². The Hall–Kier alpha value is -2.19. The second kappa shape index (κ2) is 6.51. The molecule has 0 radical (unpaired) electrons. The number of rotatable bonds is 3. The maximum Gasteiger partial charge on any atom is 0.416 e.